The first-order chi connectivity index (χ1) is 14.7. The number of alkyl halides is 3. The maximum absolute atomic E-state index is 14.4. The number of benzene rings is 1. The molecule has 176 valence electrons. The minimum Gasteiger partial charge on any atom is -0.493 e. The van der Waals surface area contributed by atoms with Gasteiger partial charge in [0.2, 0.25) is 5.82 Å². The summed E-state index contributed by atoms with van der Waals surface area (Å²) in [5.74, 6) is -5.51. The maximum Gasteiger partial charge on any atom is 0.417 e. The van der Waals surface area contributed by atoms with E-state index in [9.17, 15) is 31.0 Å². The van der Waals surface area contributed by atoms with Crippen molar-refractivity contribution >= 4 is 10.8 Å². The Morgan fingerprint density at radius 2 is 1.88 bits per heavy atom. The van der Waals surface area contributed by atoms with Crippen LogP contribution < -0.4 is 10.2 Å². The fraction of sp³-hybridized carbons (Fsp3) is 0.476. The molecule has 1 aliphatic heterocycles. The highest BCUT2D eigenvalue weighted by Gasteiger charge is 2.65. The van der Waals surface area contributed by atoms with Gasteiger partial charge in [-0.1, -0.05) is 13.0 Å². The van der Waals surface area contributed by atoms with Gasteiger partial charge in [0.25, 0.3) is 0 Å². The van der Waals surface area contributed by atoms with E-state index in [1.165, 1.54) is 20.1 Å². The van der Waals surface area contributed by atoms with Gasteiger partial charge in [-0.25, -0.2) is 4.39 Å². The van der Waals surface area contributed by atoms with Crippen LogP contribution in [-0.4, -0.2) is 34.3 Å². The molecule has 2 heterocycles. The van der Waals surface area contributed by atoms with Crippen molar-refractivity contribution in [3.63, 3.8) is 0 Å². The molecule has 1 aliphatic rings. The van der Waals surface area contributed by atoms with Gasteiger partial charge in [0.05, 0.1) is 17.9 Å². The van der Waals surface area contributed by atoms with Gasteiger partial charge in [-0.2, -0.15) is 17.6 Å². The Hall–Kier alpha value is -2.27. The van der Waals surface area contributed by atoms with Gasteiger partial charge in [0, 0.05) is 41.1 Å². The average Bonchev–Trinajstić information content (AvgIpc) is 2.95. The largest absolute Gasteiger partial charge is 0.493 e. The predicted octanol–water partition coefficient (Wildman–Crippen LogP) is 4.52. The molecule has 0 aliphatic carbocycles. The lowest BCUT2D eigenvalue weighted by molar-refractivity contribution is -0.275. The summed E-state index contributed by atoms with van der Waals surface area (Å²) in [6.45, 7) is 3.63. The Labute approximate surface area is 183 Å². The van der Waals surface area contributed by atoms with E-state index in [-0.39, 0.29) is 21.8 Å². The van der Waals surface area contributed by atoms with Crippen molar-refractivity contribution < 1.29 is 35.6 Å². The van der Waals surface area contributed by atoms with E-state index in [0.717, 1.165) is 32.2 Å². The van der Waals surface area contributed by atoms with Crippen molar-refractivity contribution in [2.75, 3.05) is 13.4 Å². The minimum absolute atomic E-state index is 0.00156. The van der Waals surface area contributed by atoms with Crippen LogP contribution in [-0.2, 0) is 15.5 Å². The highest BCUT2D eigenvalue weighted by Crippen LogP contribution is 2.59. The number of rotatable bonds is 4. The highest BCUT2D eigenvalue weighted by atomic mass is 32.2. The Morgan fingerprint density at radius 1 is 1.25 bits per heavy atom. The van der Waals surface area contributed by atoms with Gasteiger partial charge >= 0.3 is 6.18 Å². The number of halogens is 5. The molecular formula is C21H22F5NO4S. The Kier molecular flexibility index (Phi) is 6.29. The number of aryl methyl sites for hydroxylation is 1. The summed E-state index contributed by atoms with van der Waals surface area (Å²) >= 11 is 0. The molecule has 0 unspecified atom stereocenters. The van der Waals surface area contributed by atoms with E-state index in [1.54, 1.807) is 0 Å². The Morgan fingerprint density at radius 3 is 2.38 bits per heavy atom. The van der Waals surface area contributed by atoms with Crippen molar-refractivity contribution in [2.24, 2.45) is 5.92 Å². The lowest BCUT2D eigenvalue weighted by atomic mass is 9.76. The second-order valence-electron chi connectivity index (χ2n) is 7.94. The molecule has 11 heteroatoms. The number of pyridine rings is 1. The van der Waals surface area contributed by atoms with E-state index >= 15 is 0 Å². The number of aromatic amines is 1. The third kappa shape index (κ3) is 3.75. The van der Waals surface area contributed by atoms with Crippen molar-refractivity contribution in [3.8, 4) is 5.75 Å². The molecule has 0 bridgehead atoms. The van der Waals surface area contributed by atoms with Crippen molar-refractivity contribution in [1.82, 2.24) is 4.98 Å². The second kappa shape index (κ2) is 8.26. The number of aromatic nitrogens is 1. The van der Waals surface area contributed by atoms with Gasteiger partial charge in [0.1, 0.15) is 11.0 Å². The highest BCUT2D eigenvalue weighted by molar-refractivity contribution is 7.84. The first-order valence-electron chi connectivity index (χ1n) is 9.58. The lowest BCUT2D eigenvalue weighted by Gasteiger charge is -2.32. The molecular weight excluding hydrogens is 457 g/mol. The smallest absolute Gasteiger partial charge is 0.417 e. The van der Waals surface area contributed by atoms with Crippen LogP contribution in [0.3, 0.4) is 0 Å². The second-order valence-corrected chi connectivity index (χ2v) is 9.26. The summed E-state index contributed by atoms with van der Waals surface area (Å²) in [6.07, 6.45) is -4.87. The number of hydrogen-bond donors (Lipinski definition) is 1. The summed E-state index contributed by atoms with van der Waals surface area (Å²) < 4.78 is 92.6. The zero-order chi connectivity index (χ0) is 24.2. The molecule has 5 atom stereocenters. The number of hydrogen-bond acceptors (Lipinski definition) is 4. The van der Waals surface area contributed by atoms with E-state index in [2.05, 4.69) is 4.98 Å². The van der Waals surface area contributed by atoms with Crippen LogP contribution in [0.1, 0.15) is 42.8 Å². The van der Waals surface area contributed by atoms with Gasteiger partial charge in [-0.3, -0.25) is 9.00 Å². The van der Waals surface area contributed by atoms with Crippen LogP contribution >= 0.6 is 0 Å². The number of methoxy groups -OCH3 is 1. The van der Waals surface area contributed by atoms with Crippen LogP contribution in [0.2, 0.25) is 0 Å². The quantitative estimate of drug-likeness (QED) is 0.655. The minimum atomic E-state index is -4.80. The summed E-state index contributed by atoms with van der Waals surface area (Å²) in [5.41, 5.74) is -3.11. The molecule has 5 nitrogen and oxygen atoms in total. The van der Waals surface area contributed by atoms with Crippen LogP contribution in [0.4, 0.5) is 22.0 Å². The standard InChI is InChI=1S/C21H22F5NO4S/c1-9-15(11-6-7-12(22)16(23)17(11)30-4)18(31-20(9,3)21(24,25)26)13-8-14(28)19(32(5)29)10(2)27-13/h6-9,15,18H,1-5H3,(H,27,28)/t9-,15-,18-,20+,32+/m0/s1. The van der Waals surface area contributed by atoms with Gasteiger partial charge < -0.3 is 14.5 Å². The molecule has 0 saturated carbocycles. The van der Waals surface area contributed by atoms with E-state index in [4.69, 9.17) is 9.47 Å². The zero-order valence-corrected chi connectivity index (χ0v) is 18.7. The fourth-order valence-electron chi connectivity index (χ4n) is 4.29. The molecule has 1 N–H and O–H groups in total. The number of H-pyrrole nitrogens is 1. The Bertz CT molecular complexity index is 1130. The molecule has 1 fully saturated rings. The third-order valence-corrected chi connectivity index (χ3v) is 7.17. The number of ether oxygens (including phenoxy) is 2. The van der Waals surface area contributed by atoms with Crippen molar-refractivity contribution in [2.45, 2.75) is 49.5 Å². The first-order valence-corrected chi connectivity index (χ1v) is 11.1. The van der Waals surface area contributed by atoms with E-state index in [1.807, 2.05) is 0 Å². The van der Waals surface area contributed by atoms with Crippen molar-refractivity contribution in [1.29, 1.82) is 0 Å². The monoisotopic (exact) mass is 479 g/mol. The SMILES string of the molecule is COc1c([C@H]2[C@H](c3cc(=O)c([S@@](C)=O)c(C)[nH]3)O[C@@](C)(C(F)(F)F)[C@H]2C)ccc(F)c1F. The predicted molar refractivity (Wildman–Crippen MR) is 107 cm³/mol. The number of nitrogens with one attached hydrogen (secondary N) is 1. The summed E-state index contributed by atoms with van der Waals surface area (Å²) in [6, 6.07) is 2.98. The molecule has 1 saturated heterocycles. The van der Waals surface area contributed by atoms with Crippen LogP contribution in [0.15, 0.2) is 27.9 Å². The molecule has 2 aromatic rings. The summed E-state index contributed by atoms with van der Waals surface area (Å²) in [7, 11) is -0.549. The molecule has 0 amide bonds. The van der Waals surface area contributed by atoms with Crippen LogP contribution in [0.25, 0.3) is 0 Å². The average molecular weight is 479 g/mol. The molecule has 1 aromatic carbocycles. The van der Waals surface area contributed by atoms with Gasteiger partial charge in [0.15, 0.2) is 22.6 Å². The molecule has 0 spiro atoms. The summed E-state index contributed by atoms with van der Waals surface area (Å²) in [4.78, 5) is 15.3. The first kappa shape index (κ1) is 24.4. The van der Waals surface area contributed by atoms with Gasteiger partial charge in [-0.15, -0.1) is 0 Å². The van der Waals surface area contributed by atoms with E-state index < -0.39 is 63.3 Å². The molecule has 1 aromatic heterocycles. The van der Waals surface area contributed by atoms with E-state index in [0.29, 0.717) is 0 Å². The fourth-order valence-corrected chi connectivity index (χ4v) is 5.12. The third-order valence-electron chi connectivity index (χ3n) is 6.09. The normalized spacial score (nSPS) is 26.9. The molecule has 3 rings (SSSR count). The van der Waals surface area contributed by atoms with Gasteiger partial charge in [-0.05, 0) is 19.9 Å². The topological polar surface area (TPSA) is 68.4 Å². The van der Waals surface area contributed by atoms with Crippen LogP contribution in [0, 0.1) is 24.5 Å². The molecule has 32 heavy (non-hydrogen) atoms. The van der Waals surface area contributed by atoms with Crippen LogP contribution in [0.5, 0.6) is 5.75 Å². The van der Waals surface area contributed by atoms with Crippen molar-refractivity contribution in [3.05, 3.63) is 57.0 Å². The lowest BCUT2D eigenvalue weighted by Crippen LogP contribution is -2.46. The summed E-state index contributed by atoms with van der Waals surface area (Å²) in [5, 5.41) is 0. The Balaban J connectivity index is 2.28. The maximum atomic E-state index is 14.4. The molecule has 0 radical (unpaired) electrons. The zero-order valence-electron chi connectivity index (χ0n) is 17.9.